The van der Waals surface area contributed by atoms with Crippen LogP contribution in [-0.4, -0.2) is 47.9 Å². The van der Waals surface area contributed by atoms with Gasteiger partial charge in [0.2, 0.25) is 0 Å². The highest BCUT2D eigenvalue weighted by molar-refractivity contribution is 6.45. The number of ether oxygens (including phenoxy) is 1. The maximum absolute atomic E-state index is 11.5. The smallest absolute Gasteiger partial charge is 0.336 e. The molecule has 29 heavy (non-hydrogen) atoms. The molecule has 0 radical (unpaired) electrons. The summed E-state index contributed by atoms with van der Waals surface area (Å²) < 4.78 is 5.38. The molecule has 6 heteroatoms. The van der Waals surface area contributed by atoms with Crippen LogP contribution in [0.4, 0.5) is 0 Å². The zero-order valence-electron chi connectivity index (χ0n) is 16.5. The van der Waals surface area contributed by atoms with Crippen LogP contribution in [0.2, 0.25) is 0 Å². The Hall–Kier alpha value is -3.25. The summed E-state index contributed by atoms with van der Waals surface area (Å²) in [7, 11) is 1.70. The largest absolute Gasteiger partial charge is 0.478 e. The van der Waals surface area contributed by atoms with Crippen LogP contribution in [0, 0.1) is 5.41 Å². The van der Waals surface area contributed by atoms with Gasteiger partial charge in [0.15, 0.2) is 5.84 Å². The van der Waals surface area contributed by atoms with E-state index in [0.29, 0.717) is 25.4 Å². The van der Waals surface area contributed by atoms with Gasteiger partial charge in [-0.1, -0.05) is 48.5 Å². The van der Waals surface area contributed by atoms with Gasteiger partial charge in [-0.3, -0.25) is 4.99 Å². The van der Waals surface area contributed by atoms with Crippen LogP contribution in [0.3, 0.4) is 0 Å². The summed E-state index contributed by atoms with van der Waals surface area (Å²) in [6.45, 7) is 3.92. The highest BCUT2D eigenvalue weighted by atomic mass is 16.5. The normalized spacial score (nSPS) is 20.3. The van der Waals surface area contributed by atoms with Gasteiger partial charge < -0.3 is 14.7 Å². The van der Waals surface area contributed by atoms with E-state index < -0.39 is 5.97 Å². The predicted octanol–water partition coefficient (Wildman–Crippen LogP) is 3.84. The number of carboxylic acid groups (broad SMARTS) is 1. The monoisotopic (exact) mass is 389 g/mol. The number of methoxy groups -OCH3 is 1. The number of aliphatic imine (C=N–C) groups is 2. The lowest BCUT2D eigenvalue weighted by atomic mass is 9.83. The SMILES string of the molecule is COCC1(C)C=CN=C2C1=NCN2Cc1ccc(-c2ccccc2C(=O)O)cc1. The minimum Gasteiger partial charge on any atom is -0.478 e. The maximum atomic E-state index is 11.5. The molecule has 0 saturated heterocycles. The molecule has 2 heterocycles. The second kappa shape index (κ2) is 7.64. The molecule has 0 amide bonds. The van der Waals surface area contributed by atoms with Gasteiger partial charge >= 0.3 is 5.97 Å². The Morgan fingerprint density at radius 2 is 1.97 bits per heavy atom. The zero-order chi connectivity index (χ0) is 20.4. The Balaban J connectivity index is 1.52. The molecule has 2 aliphatic heterocycles. The number of fused-ring (bicyclic) bond motifs is 1. The Morgan fingerprint density at radius 3 is 2.69 bits per heavy atom. The van der Waals surface area contributed by atoms with Crippen molar-refractivity contribution in [1.82, 2.24) is 4.90 Å². The molecule has 0 bridgehead atoms. The number of hydrogen-bond acceptors (Lipinski definition) is 5. The minimum atomic E-state index is -0.922. The van der Waals surface area contributed by atoms with Gasteiger partial charge in [-0.05, 0) is 29.7 Å². The molecule has 2 aromatic rings. The Morgan fingerprint density at radius 1 is 1.21 bits per heavy atom. The van der Waals surface area contributed by atoms with Gasteiger partial charge in [-0.15, -0.1) is 0 Å². The number of hydrogen-bond donors (Lipinski definition) is 1. The molecule has 148 valence electrons. The molecule has 6 nitrogen and oxygen atoms in total. The van der Waals surface area contributed by atoms with Crippen molar-refractivity contribution in [3.05, 3.63) is 71.9 Å². The first-order valence-corrected chi connectivity index (χ1v) is 9.48. The van der Waals surface area contributed by atoms with Gasteiger partial charge in [0.25, 0.3) is 0 Å². The Labute approximate surface area is 169 Å². The highest BCUT2D eigenvalue weighted by Gasteiger charge is 2.38. The average Bonchev–Trinajstić information content (AvgIpc) is 3.13. The van der Waals surface area contributed by atoms with E-state index in [2.05, 4.69) is 16.8 Å². The van der Waals surface area contributed by atoms with Crippen LogP contribution in [0.15, 0.2) is 70.8 Å². The van der Waals surface area contributed by atoms with Crippen LogP contribution >= 0.6 is 0 Å². The third-order valence-electron chi connectivity index (χ3n) is 5.33. The Bertz CT molecular complexity index is 1020. The van der Waals surface area contributed by atoms with Gasteiger partial charge in [0.1, 0.15) is 6.67 Å². The van der Waals surface area contributed by atoms with Crippen molar-refractivity contribution in [1.29, 1.82) is 0 Å². The third kappa shape index (κ3) is 3.59. The molecule has 0 aliphatic carbocycles. The first kappa shape index (κ1) is 19.1. The Kier molecular flexibility index (Phi) is 5.03. The summed E-state index contributed by atoms with van der Waals surface area (Å²) in [4.78, 5) is 22.9. The molecule has 2 aromatic carbocycles. The second-order valence-corrected chi connectivity index (χ2v) is 7.51. The molecule has 4 rings (SSSR count). The first-order valence-electron chi connectivity index (χ1n) is 9.48. The summed E-state index contributed by atoms with van der Waals surface area (Å²) in [5, 5.41) is 9.41. The van der Waals surface area contributed by atoms with Crippen LogP contribution in [0.1, 0.15) is 22.8 Å². The molecule has 1 N–H and O–H groups in total. The summed E-state index contributed by atoms with van der Waals surface area (Å²) >= 11 is 0. The van der Waals surface area contributed by atoms with Gasteiger partial charge in [0.05, 0.1) is 23.3 Å². The molecule has 0 fully saturated rings. The molecular formula is C23H23N3O3. The quantitative estimate of drug-likeness (QED) is 0.814. The average molecular weight is 389 g/mol. The molecular weight excluding hydrogens is 366 g/mol. The van der Waals surface area contributed by atoms with E-state index in [0.717, 1.165) is 28.2 Å². The van der Waals surface area contributed by atoms with E-state index >= 15 is 0 Å². The van der Waals surface area contributed by atoms with Crippen molar-refractivity contribution >= 4 is 17.5 Å². The van der Waals surface area contributed by atoms with E-state index in [4.69, 9.17) is 9.73 Å². The topological polar surface area (TPSA) is 74.5 Å². The summed E-state index contributed by atoms with van der Waals surface area (Å²) in [5.74, 6) is -0.0266. The fourth-order valence-corrected chi connectivity index (χ4v) is 3.85. The van der Waals surface area contributed by atoms with Crippen molar-refractivity contribution in [3.63, 3.8) is 0 Å². The summed E-state index contributed by atoms with van der Waals surface area (Å²) in [6, 6.07) is 15.0. The summed E-state index contributed by atoms with van der Waals surface area (Å²) in [6.07, 6.45) is 3.87. The molecule has 1 atom stereocenters. The zero-order valence-corrected chi connectivity index (χ0v) is 16.5. The number of carboxylic acids is 1. The fourth-order valence-electron chi connectivity index (χ4n) is 3.85. The number of rotatable bonds is 6. The molecule has 0 aromatic heterocycles. The molecule has 0 spiro atoms. The minimum absolute atomic E-state index is 0.259. The lowest BCUT2D eigenvalue weighted by Gasteiger charge is -2.29. The molecule has 1 unspecified atom stereocenters. The summed E-state index contributed by atoms with van der Waals surface area (Å²) in [5.41, 5.74) is 3.73. The van der Waals surface area contributed by atoms with E-state index in [-0.39, 0.29) is 5.41 Å². The molecule has 0 saturated carbocycles. The second-order valence-electron chi connectivity index (χ2n) is 7.51. The van der Waals surface area contributed by atoms with Gasteiger partial charge in [0, 0.05) is 19.9 Å². The van der Waals surface area contributed by atoms with Crippen molar-refractivity contribution in [2.45, 2.75) is 13.5 Å². The molecule has 2 aliphatic rings. The number of amidine groups is 1. The maximum Gasteiger partial charge on any atom is 0.336 e. The van der Waals surface area contributed by atoms with Crippen molar-refractivity contribution in [2.75, 3.05) is 20.4 Å². The van der Waals surface area contributed by atoms with E-state index in [1.807, 2.05) is 48.7 Å². The highest BCUT2D eigenvalue weighted by Crippen LogP contribution is 2.30. The van der Waals surface area contributed by atoms with Crippen molar-refractivity contribution < 1.29 is 14.6 Å². The number of nitrogens with zero attached hydrogens (tertiary/aromatic N) is 3. The van der Waals surface area contributed by atoms with E-state index in [1.165, 1.54) is 0 Å². The predicted molar refractivity (Wildman–Crippen MR) is 113 cm³/mol. The fraction of sp³-hybridized carbons (Fsp3) is 0.261. The number of benzene rings is 2. The number of aromatic carboxylic acids is 1. The first-order chi connectivity index (χ1) is 14.0. The van der Waals surface area contributed by atoms with Crippen LogP contribution in [-0.2, 0) is 11.3 Å². The van der Waals surface area contributed by atoms with E-state index in [1.54, 1.807) is 19.2 Å². The van der Waals surface area contributed by atoms with E-state index in [9.17, 15) is 9.90 Å². The van der Waals surface area contributed by atoms with Gasteiger partial charge in [-0.25, -0.2) is 9.79 Å². The van der Waals surface area contributed by atoms with Crippen LogP contribution in [0.5, 0.6) is 0 Å². The third-order valence-corrected chi connectivity index (χ3v) is 5.33. The van der Waals surface area contributed by atoms with Crippen LogP contribution < -0.4 is 0 Å². The number of carbonyl (C=O) groups is 1. The van der Waals surface area contributed by atoms with Crippen molar-refractivity contribution in [3.8, 4) is 11.1 Å². The standard InChI is InChI=1S/C23H23N3O3/c1-23(14-29-2)11-12-24-21-20(23)25-15-26(21)13-16-7-9-17(10-8-16)18-5-3-4-6-19(18)22(27)28/h3-12H,13-15H2,1-2H3,(H,27,28). The van der Waals surface area contributed by atoms with Crippen LogP contribution in [0.25, 0.3) is 11.1 Å². The lowest BCUT2D eigenvalue weighted by Crippen LogP contribution is -2.41. The lowest BCUT2D eigenvalue weighted by molar-refractivity contribution is 0.0697. The van der Waals surface area contributed by atoms with Crippen molar-refractivity contribution in [2.24, 2.45) is 15.4 Å². The van der Waals surface area contributed by atoms with Gasteiger partial charge in [-0.2, -0.15) is 0 Å².